The Hall–Kier alpha value is -2.48. The number of rotatable bonds is 4. The average Bonchev–Trinajstić information content (AvgIpc) is 3.05. The van der Waals surface area contributed by atoms with Gasteiger partial charge in [-0.25, -0.2) is 9.50 Å². The molecule has 2 aromatic heterocycles. The maximum Gasteiger partial charge on any atom is 0.258 e. The lowest BCUT2D eigenvalue weighted by Gasteiger charge is -2.35. The molecule has 1 fully saturated rings. The Morgan fingerprint density at radius 1 is 1.36 bits per heavy atom. The maximum atomic E-state index is 12.4. The predicted molar refractivity (Wildman–Crippen MR) is 91.2 cm³/mol. The van der Waals surface area contributed by atoms with Crippen molar-refractivity contribution in [1.29, 1.82) is 0 Å². The summed E-state index contributed by atoms with van der Waals surface area (Å²) in [6, 6.07) is 1.77. The molecule has 1 aliphatic rings. The molecule has 1 aliphatic heterocycles. The molecule has 2 aromatic rings. The zero-order chi connectivity index (χ0) is 18.0. The molecule has 0 aromatic carbocycles. The number of hydrogen-bond donors (Lipinski definition) is 0. The molecule has 3 heterocycles. The van der Waals surface area contributed by atoms with Crippen molar-refractivity contribution in [1.82, 2.24) is 24.4 Å². The predicted octanol–water partition coefficient (Wildman–Crippen LogP) is 1.13. The van der Waals surface area contributed by atoms with Gasteiger partial charge in [-0.05, 0) is 25.3 Å². The molecule has 2 amide bonds. The van der Waals surface area contributed by atoms with E-state index in [1.54, 1.807) is 24.8 Å². The molecule has 0 unspecified atom stereocenters. The third kappa shape index (κ3) is 3.21. The zero-order valence-electron chi connectivity index (χ0n) is 14.8. The Balaban J connectivity index is 2.02. The maximum absolute atomic E-state index is 12.4. The Morgan fingerprint density at radius 3 is 2.88 bits per heavy atom. The van der Waals surface area contributed by atoms with Gasteiger partial charge < -0.3 is 14.5 Å². The molecular formula is C17H23N5O3. The molecule has 1 saturated heterocycles. The fraction of sp³-hybridized carbons (Fsp3) is 0.529. The lowest BCUT2D eigenvalue weighted by Crippen LogP contribution is -2.41. The van der Waals surface area contributed by atoms with Crippen molar-refractivity contribution in [3.8, 4) is 0 Å². The van der Waals surface area contributed by atoms with Crippen molar-refractivity contribution in [2.45, 2.75) is 25.3 Å². The monoisotopic (exact) mass is 345 g/mol. The van der Waals surface area contributed by atoms with E-state index >= 15 is 0 Å². The van der Waals surface area contributed by atoms with Crippen LogP contribution in [-0.4, -0.2) is 70.6 Å². The number of amides is 2. The molecule has 0 aliphatic carbocycles. The van der Waals surface area contributed by atoms with Gasteiger partial charge in [0.15, 0.2) is 5.65 Å². The molecule has 0 saturated carbocycles. The van der Waals surface area contributed by atoms with Crippen LogP contribution >= 0.6 is 0 Å². The van der Waals surface area contributed by atoms with Crippen LogP contribution in [0.3, 0.4) is 0 Å². The largest absolute Gasteiger partial charge is 0.375 e. The Kier molecular flexibility index (Phi) is 4.98. The van der Waals surface area contributed by atoms with Gasteiger partial charge >= 0.3 is 0 Å². The second-order valence-electron chi connectivity index (χ2n) is 6.39. The summed E-state index contributed by atoms with van der Waals surface area (Å²) in [5.74, 6) is -0.176. The van der Waals surface area contributed by atoms with E-state index in [9.17, 15) is 9.59 Å². The van der Waals surface area contributed by atoms with Crippen molar-refractivity contribution < 1.29 is 14.3 Å². The van der Waals surface area contributed by atoms with Crippen LogP contribution < -0.4 is 0 Å². The lowest BCUT2D eigenvalue weighted by atomic mass is 9.99. The van der Waals surface area contributed by atoms with E-state index in [1.807, 2.05) is 11.0 Å². The van der Waals surface area contributed by atoms with Gasteiger partial charge in [-0.1, -0.05) is 0 Å². The van der Waals surface area contributed by atoms with Crippen molar-refractivity contribution in [2.24, 2.45) is 0 Å². The molecule has 0 bridgehead atoms. The van der Waals surface area contributed by atoms with Gasteiger partial charge in [-0.3, -0.25) is 9.59 Å². The van der Waals surface area contributed by atoms with E-state index in [-0.39, 0.29) is 24.5 Å². The van der Waals surface area contributed by atoms with Crippen LogP contribution in [0.1, 0.15) is 41.4 Å². The summed E-state index contributed by atoms with van der Waals surface area (Å²) < 4.78 is 6.69. The third-order valence-corrected chi connectivity index (χ3v) is 4.50. The fourth-order valence-electron chi connectivity index (χ4n) is 3.30. The lowest BCUT2D eigenvalue weighted by molar-refractivity contribution is -0.139. The third-order valence-electron chi connectivity index (χ3n) is 4.50. The van der Waals surface area contributed by atoms with Crippen LogP contribution in [0.15, 0.2) is 18.5 Å². The van der Waals surface area contributed by atoms with Crippen LogP contribution in [0.5, 0.6) is 0 Å². The number of carbonyl (C=O) groups excluding carboxylic acids is 2. The summed E-state index contributed by atoms with van der Waals surface area (Å²) in [5, 5.41) is 4.37. The van der Waals surface area contributed by atoms with Crippen molar-refractivity contribution in [2.75, 3.05) is 34.4 Å². The summed E-state index contributed by atoms with van der Waals surface area (Å²) >= 11 is 0. The van der Waals surface area contributed by atoms with Gasteiger partial charge in [-0.15, -0.1) is 0 Å². The molecule has 0 N–H and O–H groups in total. The van der Waals surface area contributed by atoms with E-state index in [2.05, 4.69) is 10.1 Å². The Morgan fingerprint density at radius 2 is 2.16 bits per heavy atom. The van der Waals surface area contributed by atoms with Gasteiger partial charge in [0.05, 0.1) is 17.9 Å². The smallest absolute Gasteiger partial charge is 0.258 e. The quantitative estimate of drug-likeness (QED) is 0.830. The number of hydrogen-bond acceptors (Lipinski definition) is 5. The second kappa shape index (κ2) is 7.18. The number of likely N-dealkylation sites (tertiary alicyclic amines) is 1. The minimum atomic E-state index is -0.143. The molecule has 0 spiro atoms. The minimum absolute atomic E-state index is 0.0334. The first-order valence-corrected chi connectivity index (χ1v) is 8.37. The van der Waals surface area contributed by atoms with Crippen LogP contribution in [0.25, 0.3) is 5.65 Å². The molecule has 1 atom stereocenters. The molecule has 8 nitrogen and oxygen atoms in total. The molecule has 0 radical (unpaired) electrons. The van der Waals surface area contributed by atoms with E-state index in [1.165, 1.54) is 18.2 Å². The number of methoxy groups -OCH3 is 1. The summed E-state index contributed by atoms with van der Waals surface area (Å²) in [4.78, 5) is 32.4. The molecule has 8 heteroatoms. The normalized spacial score (nSPS) is 17.7. The van der Waals surface area contributed by atoms with Crippen molar-refractivity contribution in [3.05, 3.63) is 29.7 Å². The summed E-state index contributed by atoms with van der Waals surface area (Å²) in [6.45, 7) is 0.760. The van der Waals surface area contributed by atoms with E-state index in [0.717, 1.165) is 25.0 Å². The molecule has 25 heavy (non-hydrogen) atoms. The first kappa shape index (κ1) is 17.3. The number of carbonyl (C=O) groups is 2. The molecule has 3 rings (SSSR count). The Bertz CT molecular complexity index is 786. The van der Waals surface area contributed by atoms with Gasteiger partial charge in [0.1, 0.15) is 12.2 Å². The van der Waals surface area contributed by atoms with Crippen molar-refractivity contribution in [3.63, 3.8) is 0 Å². The van der Waals surface area contributed by atoms with Crippen LogP contribution in [0, 0.1) is 0 Å². The highest BCUT2D eigenvalue weighted by molar-refractivity contribution is 5.99. The molecule has 134 valence electrons. The first-order valence-electron chi connectivity index (χ1n) is 8.37. The van der Waals surface area contributed by atoms with E-state index < -0.39 is 0 Å². The van der Waals surface area contributed by atoms with Gasteiger partial charge in [0.25, 0.3) is 5.91 Å². The molecular weight excluding hydrogens is 322 g/mol. The first-order chi connectivity index (χ1) is 12.0. The topological polar surface area (TPSA) is 80.0 Å². The Labute approximate surface area is 146 Å². The highest BCUT2D eigenvalue weighted by atomic mass is 16.5. The SMILES string of the molecule is COCC(=O)N1CCCC[C@H]1c1ccnc2c(C(=O)N(C)C)cnn12. The number of aromatic nitrogens is 3. The van der Waals surface area contributed by atoms with E-state index in [4.69, 9.17) is 4.74 Å². The van der Waals surface area contributed by atoms with Gasteiger partial charge in [-0.2, -0.15) is 5.10 Å². The van der Waals surface area contributed by atoms with Crippen LogP contribution in [0.4, 0.5) is 0 Å². The van der Waals surface area contributed by atoms with Crippen molar-refractivity contribution >= 4 is 17.5 Å². The highest BCUT2D eigenvalue weighted by Gasteiger charge is 2.30. The van der Waals surface area contributed by atoms with Gasteiger partial charge in [0.2, 0.25) is 5.91 Å². The van der Waals surface area contributed by atoms with Gasteiger partial charge in [0, 0.05) is 33.9 Å². The van der Waals surface area contributed by atoms with Crippen LogP contribution in [0.2, 0.25) is 0 Å². The fourth-order valence-corrected chi connectivity index (χ4v) is 3.30. The average molecular weight is 345 g/mol. The number of nitrogens with zero attached hydrogens (tertiary/aromatic N) is 5. The minimum Gasteiger partial charge on any atom is -0.375 e. The second-order valence-corrected chi connectivity index (χ2v) is 6.39. The standard InChI is InChI=1S/C17H23N5O3/c1-20(2)17(24)12-10-19-22-14(7-8-18-16(12)22)13-6-4-5-9-21(13)15(23)11-25-3/h7-8,10,13H,4-6,9,11H2,1-3H3/t13-/m0/s1. The number of fused-ring (bicyclic) bond motifs is 1. The van der Waals surface area contributed by atoms with Crippen LogP contribution in [-0.2, 0) is 9.53 Å². The van der Waals surface area contributed by atoms with E-state index in [0.29, 0.717) is 17.8 Å². The zero-order valence-corrected chi connectivity index (χ0v) is 14.8. The number of ether oxygens (including phenoxy) is 1. The summed E-state index contributed by atoms with van der Waals surface area (Å²) in [5.41, 5.74) is 1.84. The summed E-state index contributed by atoms with van der Waals surface area (Å²) in [6.07, 6.45) is 6.08. The summed E-state index contributed by atoms with van der Waals surface area (Å²) in [7, 11) is 4.91. The number of piperidine rings is 1. The highest BCUT2D eigenvalue weighted by Crippen LogP contribution is 2.31.